The molecule has 9 heteroatoms. The summed E-state index contributed by atoms with van der Waals surface area (Å²) in [5.41, 5.74) is 13.2. The van der Waals surface area contributed by atoms with E-state index in [0.717, 1.165) is 61.7 Å². The molecule has 4 rings (SSSR count). The summed E-state index contributed by atoms with van der Waals surface area (Å²) in [5, 5.41) is 7.51. The SMILES string of the molecule is CCN1CCC[C@H]1CNC(=O)c1nc(NC2CCCCC2N=C(N)N)c2cc(C)ccc2n1. The van der Waals surface area contributed by atoms with Crippen LogP contribution in [0.5, 0.6) is 0 Å². The van der Waals surface area contributed by atoms with Gasteiger partial charge in [-0.1, -0.05) is 31.4 Å². The van der Waals surface area contributed by atoms with Crippen LogP contribution >= 0.6 is 0 Å². The standard InChI is InChI=1S/C24H36N8O/c1-3-32-12-6-7-16(32)14-27-23(33)22-28-18-11-10-15(2)13-17(18)21(31-22)29-19-8-4-5-9-20(19)30-24(25)26/h10-11,13,16,19-20H,3-9,12,14H2,1-2H3,(H,27,33)(H4,25,26,30)(H,28,29,31)/t16-,19?,20?/m0/s1. The molecule has 0 spiro atoms. The number of likely N-dealkylation sites (N-methyl/N-ethyl adjacent to an activating group) is 1. The second-order valence-electron chi connectivity index (χ2n) is 9.21. The van der Waals surface area contributed by atoms with Gasteiger partial charge in [-0.05, 0) is 57.8 Å². The number of nitrogens with zero attached hydrogens (tertiary/aromatic N) is 4. The van der Waals surface area contributed by atoms with Crippen molar-refractivity contribution in [1.82, 2.24) is 20.2 Å². The number of carbonyl (C=O) groups excluding carboxylic acids is 1. The molecule has 6 N–H and O–H groups in total. The molecule has 1 aliphatic heterocycles. The smallest absolute Gasteiger partial charge is 0.289 e. The normalized spacial score (nSPS) is 23.4. The Bertz CT molecular complexity index is 1020. The molecule has 3 atom stereocenters. The van der Waals surface area contributed by atoms with Crippen LogP contribution in [0.4, 0.5) is 5.82 Å². The minimum atomic E-state index is -0.243. The summed E-state index contributed by atoms with van der Waals surface area (Å²) in [4.78, 5) is 29.1. The molecular weight excluding hydrogens is 416 g/mol. The van der Waals surface area contributed by atoms with Gasteiger partial charge in [-0.3, -0.25) is 9.69 Å². The van der Waals surface area contributed by atoms with E-state index in [0.29, 0.717) is 18.4 Å². The molecule has 1 aromatic heterocycles. The number of guanidine groups is 1. The molecular formula is C24H36N8O. The predicted octanol–water partition coefficient (Wildman–Crippen LogP) is 2.15. The number of nitrogens with one attached hydrogen (secondary N) is 2. The second kappa shape index (κ2) is 10.3. The molecule has 9 nitrogen and oxygen atoms in total. The summed E-state index contributed by atoms with van der Waals surface area (Å²) < 4.78 is 0. The molecule has 2 fully saturated rings. The Kier molecular flexibility index (Phi) is 7.27. The molecule has 2 heterocycles. The topological polar surface area (TPSA) is 135 Å². The van der Waals surface area contributed by atoms with Crippen LogP contribution in [0.3, 0.4) is 0 Å². The van der Waals surface area contributed by atoms with Gasteiger partial charge in [0.25, 0.3) is 5.91 Å². The average molecular weight is 453 g/mol. The molecule has 178 valence electrons. The van der Waals surface area contributed by atoms with Crippen LogP contribution in [-0.4, -0.2) is 64.5 Å². The van der Waals surface area contributed by atoms with Gasteiger partial charge >= 0.3 is 0 Å². The van der Waals surface area contributed by atoms with E-state index in [-0.39, 0.29) is 29.8 Å². The number of anilines is 1. The Labute approximate surface area is 195 Å². The van der Waals surface area contributed by atoms with Crippen LogP contribution in [0.1, 0.15) is 61.6 Å². The summed E-state index contributed by atoms with van der Waals surface area (Å²) >= 11 is 0. The lowest BCUT2D eigenvalue weighted by Crippen LogP contribution is -2.40. The Hall–Kier alpha value is -2.94. The van der Waals surface area contributed by atoms with Gasteiger partial charge in [-0.2, -0.15) is 0 Å². The highest BCUT2D eigenvalue weighted by Gasteiger charge is 2.27. The van der Waals surface area contributed by atoms with Gasteiger partial charge in [-0.25, -0.2) is 15.0 Å². The summed E-state index contributed by atoms with van der Waals surface area (Å²) in [6.07, 6.45) is 6.32. The number of aryl methyl sites for hydroxylation is 1. The molecule has 2 aromatic rings. The third-order valence-electron chi connectivity index (χ3n) is 6.82. The number of amides is 1. The van der Waals surface area contributed by atoms with E-state index in [1.807, 2.05) is 19.1 Å². The van der Waals surface area contributed by atoms with Crippen LogP contribution in [0.25, 0.3) is 10.9 Å². The number of aliphatic imine (C=N–C) groups is 1. The monoisotopic (exact) mass is 452 g/mol. The van der Waals surface area contributed by atoms with E-state index in [9.17, 15) is 4.79 Å². The number of hydrogen-bond donors (Lipinski definition) is 4. The quantitative estimate of drug-likeness (QED) is 0.373. The summed E-state index contributed by atoms with van der Waals surface area (Å²) in [7, 11) is 0. The molecule has 33 heavy (non-hydrogen) atoms. The fraction of sp³-hybridized carbons (Fsp3) is 0.583. The molecule has 1 aliphatic carbocycles. The molecule has 1 saturated heterocycles. The predicted molar refractivity (Wildman–Crippen MR) is 132 cm³/mol. The minimum Gasteiger partial charge on any atom is -0.370 e. The molecule has 2 aliphatic rings. The number of aromatic nitrogens is 2. The zero-order valence-corrected chi connectivity index (χ0v) is 19.7. The van der Waals surface area contributed by atoms with Crippen molar-refractivity contribution in [1.29, 1.82) is 0 Å². The maximum Gasteiger partial charge on any atom is 0.289 e. The lowest BCUT2D eigenvalue weighted by molar-refractivity contribution is 0.0931. The van der Waals surface area contributed by atoms with E-state index in [1.54, 1.807) is 0 Å². The van der Waals surface area contributed by atoms with Gasteiger partial charge in [0.1, 0.15) is 5.82 Å². The van der Waals surface area contributed by atoms with Crippen LogP contribution in [0.15, 0.2) is 23.2 Å². The average Bonchev–Trinajstić information content (AvgIpc) is 3.26. The van der Waals surface area contributed by atoms with Gasteiger partial charge in [0.2, 0.25) is 5.82 Å². The maximum absolute atomic E-state index is 13.0. The van der Waals surface area contributed by atoms with Gasteiger partial charge < -0.3 is 22.1 Å². The lowest BCUT2D eigenvalue weighted by Gasteiger charge is -2.30. The van der Waals surface area contributed by atoms with Gasteiger partial charge in [0, 0.05) is 18.0 Å². The zero-order chi connectivity index (χ0) is 23.4. The van der Waals surface area contributed by atoms with Crippen molar-refractivity contribution in [2.75, 3.05) is 25.0 Å². The first-order valence-electron chi connectivity index (χ1n) is 12.1. The number of carbonyl (C=O) groups is 1. The maximum atomic E-state index is 13.0. The lowest BCUT2D eigenvalue weighted by atomic mass is 9.90. The molecule has 1 amide bonds. The Morgan fingerprint density at radius 1 is 1.18 bits per heavy atom. The number of benzene rings is 1. The van der Waals surface area contributed by atoms with E-state index in [2.05, 4.69) is 43.5 Å². The van der Waals surface area contributed by atoms with Crippen molar-refractivity contribution in [3.05, 3.63) is 29.6 Å². The van der Waals surface area contributed by atoms with Crippen LogP contribution < -0.4 is 22.1 Å². The first kappa shape index (κ1) is 23.2. The van der Waals surface area contributed by atoms with Crippen molar-refractivity contribution in [3.63, 3.8) is 0 Å². The highest BCUT2D eigenvalue weighted by Crippen LogP contribution is 2.28. The van der Waals surface area contributed by atoms with Crippen molar-refractivity contribution in [3.8, 4) is 0 Å². The summed E-state index contributed by atoms with van der Waals surface area (Å²) in [6.45, 7) is 6.90. The molecule has 2 unspecified atom stereocenters. The Morgan fingerprint density at radius 3 is 2.79 bits per heavy atom. The van der Waals surface area contributed by atoms with Crippen molar-refractivity contribution in [2.24, 2.45) is 16.5 Å². The summed E-state index contributed by atoms with van der Waals surface area (Å²) in [5.74, 6) is 0.704. The third-order valence-corrected chi connectivity index (χ3v) is 6.82. The van der Waals surface area contributed by atoms with E-state index in [1.165, 1.54) is 6.42 Å². The minimum absolute atomic E-state index is 0.0155. The Morgan fingerprint density at radius 2 is 2.00 bits per heavy atom. The number of rotatable bonds is 7. The fourth-order valence-corrected chi connectivity index (χ4v) is 5.09. The van der Waals surface area contributed by atoms with Crippen molar-refractivity contribution in [2.45, 2.75) is 70.5 Å². The number of nitrogens with two attached hydrogens (primary N) is 2. The molecule has 1 aromatic carbocycles. The molecule has 0 radical (unpaired) electrons. The van der Waals surface area contributed by atoms with Crippen molar-refractivity contribution >= 4 is 28.6 Å². The Balaban J connectivity index is 1.59. The van der Waals surface area contributed by atoms with Crippen LogP contribution in [0.2, 0.25) is 0 Å². The highest BCUT2D eigenvalue weighted by molar-refractivity contribution is 5.96. The first-order valence-corrected chi connectivity index (χ1v) is 12.1. The van der Waals surface area contributed by atoms with E-state index in [4.69, 9.17) is 11.5 Å². The van der Waals surface area contributed by atoms with Gasteiger partial charge in [0.15, 0.2) is 5.96 Å². The molecule has 0 bridgehead atoms. The second-order valence-corrected chi connectivity index (χ2v) is 9.21. The highest BCUT2D eigenvalue weighted by atomic mass is 16.2. The van der Waals surface area contributed by atoms with Gasteiger partial charge in [0.05, 0.1) is 17.6 Å². The van der Waals surface area contributed by atoms with Crippen molar-refractivity contribution < 1.29 is 4.79 Å². The van der Waals surface area contributed by atoms with Gasteiger partial charge in [-0.15, -0.1) is 0 Å². The fourth-order valence-electron chi connectivity index (χ4n) is 5.09. The van der Waals surface area contributed by atoms with Crippen LogP contribution in [-0.2, 0) is 0 Å². The number of fused-ring (bicyclic) bond motifs is 1. The zero-order valence-electron chi connectivity index (χ0n) is 19.7. The molecule has 1 saturated carbocycles. The van der Waals surface area contributed by atoms with Crippen LogP contribution in [0, 0.1) is 6.92 Å². The van der Waals surface area contributed by atoms with E-state index >= 15 is 0 Å². The third kappa shape index (κ3) is 5.52. The van der Waals surface area contributed by atoms with E-state index < -0.39 is 0 Å². The summed E-state index contributed by atoms with van der Waals surface area (Å²) in [6, 6.07) is 6.40. The number of likely N-dealkylation sites (tertiary alicyclic amines) is 1. The first-order chi connectivity index (χ1) is 15.9. The number of hydrogen-bond acceptors (Lipinski definition) is 6. The largest absolute Gasteiger partial charge is 0.370 e.